The Bertz CT molecular complexity index is 504. The van der Waals surface area contributed by atoms with E-state index in [-0.39, 0.29) is 23.3 Å². The van der Waals surface area contributed by atoms with Crippen molar-refractivity contribution in [1.29, 1.82) is 0 Å². The van der Waals surface area contributed by atoms with Crippen molar-refractivity contribution in [3.63, 3.8) is 0 Å². The number of rotatable bonds is 7. The molecule has 0 spiro atoms. The summed E-state index contributed by atoms with van der Waals surface area (Å²) in [5.41, 5.74) is 0.0700. The fourth-order valence-electron chi connectivity index (χ4n) is 2.34. The second-order valence-electron chi connectivity index (χ2n) is 4.62. The molecule has 0 aliphatic rings. The van der Waals surface area contributed by atoms with Crippen molar-refractivity contribution in [2.75, 3.05) is 6.54 Å². The Morgan fingerprint density at radius 3 is 2.30 bits per heavy atom. The van der Waals surface area contributed by atoms with Crippen molar-refractivity contribution in [3.05, 3.63) is 44.0 Å². The van der Waals surface area contributed by atoms with Gasteiger partial charge in [0, 0.05) is 23.6 Å². The minimum Gasteiger partial charge on any atom is -0.314 e. The molecule has 110 valence electrons. The lowest BCUT2D eigenvalue weighted by Gasteiger charge is -2.23. The summed E-state index contributed by atoms with van der Waals surface area (Å²) in [7, 11) is 0. The minimum absolute atomic E-state index is 0.0962. The van der Waals surface area contributed by atoms with Gasteiger partial charge < -0.3 is 5.32 Å². The number of nitro benzene ring substituents is 2. The van der Waals surface area contributed by atoms with E-state index >= 15 is 0 Å². The van der Waals surface area contributed by atoms with E-state index in [0.717, 1.165) is 19.0 Å². The molecule has 1 rings (SSSR count). The smallest absolute Gasteiger partial charge is 0.279 e. The molecule has 2 unspecified atom stereocenters. The zero-order valence-corrected chi connectivity index (χ0v) is 11.8. The van der Waals surface area contributed by atoms with Gasteiger partial charge in [-0.05, 0) is 19.0 Å². The molecule has 2 atom stereocenters. The summed E-state index contributed by atoms with van der Waals surface area (Å²) in [5, 5.41) is 25.1. The number of hydrogen-bond acceptors (Lipinski definition) is 5. The number of hydrogen-bond donors (Lipinski definition) is 1. The second kappa shape index (κ2) is 6.95. The first kappa shape index (κ1) is 16.0. The predicted octanol–water partition coefficient (Wildman–Crippen LogP) is 2.99. The van der Waals surface area contributed by atoms with Gasteiger partial charge >= 0.3 is 0 Å². The summed E-state index contributed by atoms with van der Waals surface area (Å²) in [4.78, 5) is 20.7. The predicted molar refractivity (Wildman–Crippen MR) is 75.9 cm³/mol. The van der Waals surface area contributed by atoms with Crippen LogP contribution in [0.5, 0.6) is 0 Å². The van der Waals surface area contributed by atoms with Crippen molar-refractivity contribution in [3.8, 4) is 0 Å². The zero-order valence-electron chi connectivity index (χ0n) is 11.8. The van der Waals surface area contributed by atoms with Gasteiger partial charge in [0.2, 0.25) is 0 Å². The van der Waals surface area contributed by atoms with Gasteiger partial charge in [0.15, 0.2) is 0 Å². The van der Waals surface area contributed by atoms with E-state index in [1.54, 1.807) is 0 Å². The van der Waals surface area contributed by atoms with Crippen molar-refractivity contribution in [2.24, 2.45) is 0 Å². The first-order valence-corrected chi connectivity index (χ1v) is 6.58. The van der Waals surface area contributed by atoms with Gasteiger partial charge in [0.05, 0.1) is 15.9 Å². The highest BCUT2D eigenvalue weighted by Crippen LogP contribution is 2.32. The molecule has 0 saturated carbocycles. The number of nitrogens with one attached hydrogen (secondary N) is 1. The molecule has 7 heteroatoms. The van der Waals surface area contributed by atoms with E-state index in [2.05, 4.69) is 5.32 Å². The number of nitro groups is 2. The Hall–Kier alpha value is -2.02. The van der Waals surface area contributed by atoms with Crippen molar-refractivity contribution >= 4 is 11.4 Å². The maximum absolute atomic E-state index is 11.1. The van der Waals surface area contributed by atoms with Crippen LogP contribution in [0.15, 0.2) is 18.2 Å². The average Bonchev–Trinajstić information content (AvgIpc) is 2.43. The molecular formula is C13H19N3O4. The average molecular weight is 281 g/mol. The lowest BCUT2D eigenvalue weighted by molar-refractivity contribution is -0.394. The molecule has 0 heterocycles. The van der Waals surface area contributed by atoms with Gasteiger partial charge in [-0.1, -0.05) is 20.8 Å². The second-order valence-corrected chi connectivity index (χ2v) is 4.62. The molecular weight excluding hydrogens is 262 g/mol. The summed E-state index contributed by atoms with van der Waals surface area (Å²) in [6.07, 6.45) is 0.823. The fourth-order valence-corrected chi connectivity index (χ4v) is 2.34. The molecule has 7 nitrogen and oxygen atoms in total. The lowest BCUT2D eigenvalue weighted by Crippen LogP contribution is -2.33. The van der Waals surface area contributed by atoms with Crippen molar-refractivity contribution < 1.29 is 9.85 Å². The number of nitrogens with zero attached hydrogens (tertiary/aromatic N) is 2. The van der Waals surface area contributed by atoms with E-state index in [0.29, 0.717) is 5.56 Å². The Kier molecular flexibility index (Phi) is 5.57. The quantitative estimate of drug-likeness (QED) is 0.612. The van der Waals surface area contributed by atoms with Crippen LogP contribution >= 0.6 is 0 Å². The SMILES string of the molecule is CCNC(CC)C(C)c1ccc([N+](=O)[O-])cc1[N+](=O)[O-]. The van der Waals surface area contributed by atoms with Crippen molar-refractivity contribution in [2.45, 2.75) is 39.2 Å². The minimum atomic E-state index is -0.622. The van der Waals surface area contributed by atoms with Crippen LogP contribution in [0.2, 0.25) is 0 Å². The van der Waals surface area contributed by atoms with Gasteiger partial charge in [-0.3, -0.25) is 20.2 Å². The van der Waals surface area contributed by atoms with Crippen LogP contribution in [-0.4, -0.2) is 22.4 Å². The van der Waals surface area contributed by atoms with Gasteiger partial charge in [-0.25, -0.2) is 0 Å². The summed E-state index contributed by atoms with van der Waals surface area (Å²) in [5.74, 6) is -0.0962. The molecule has 0 aliphatic carbocycles. The van der Waals surface area contributed by atoms with Crippen LogP contribution in [0, 0.1) is 20.2 Å². The summed E-state index contributed by atoms with van der Waals surface area (Å²) < 4.78 is 0. The standard InChI is InChI=1S/C13H19N3O4/c1-4-12(14-5-2)9(3)11-7-6-10(15(17)18)8-13(11)16(19)20/h6-9,12,14H,4-5H2,1-3H3. The summed E-state index contributed by atoms with van der Waals surface area (Å²) >= 11 is 0. The number of benzene rings is 1. The van der Waals surface area contributed by atoms with Gasteiger partial charge in [0.25, 0.3) is 11.4 Å². The number of likely N-dealkylation sites (N-methyl/N-ethyl adjacent to an activating group) is 1. The highest BCUT2D eigenvalue weighted by Gasteiger charge is 2.26. The molecule has 20 heavy (non-hydrogen) atoms. The molecule has 1 aromatic rings. The maximum atomic E-state index is 11.1. The molecule has 0 bridgehead atoms. The first-order chi connectivity index (χ1) is 9.42. The van der Waals surface area contributed by atoms with Crippen LogP contribution in [0.4, 0.5) is 11.4 Å². The Labute approximate surface area is 117 Å². The Balaban J connectivity index is 3.22. The van der Waals surface area contributed by atoms with E-state index < -0.39 is 9.85 Å². The third-order valence-corrected chi connectivity index (χ3v) is 3.42. The highest BCUT2D eigenvalue weighted by molar-refractivity contribution is 5.50. The fraction of sp³-hybridized carbons (Fsp3) is 0.538. The van der Waals surface area contributed by atoms with Crippen LogP contribution < -0.4 is 5.32 Å². The highest BCUT2D eigenvalue weighted by atomic mass is 16.6. The van der Waals surface area contributed by atoms with Crippen LogP contribution in [0.3, 0.4) is 0 Å². The molecule has 1 N–H and O–H groups in total. The molecule has 0 amide bonds. The van der Waals surface area contributed by atoms with Gasteiger partial charge in [-0.15, -0.1) is 0 Å². The zero-order chi connectivity index (χ0) is 15.3. The largest absolute Gasteiger partial charge is 0.314 e. The normalized spacial score (nSPS) is 13.8. The first-order valence-electron chi connectivity index (χ1n) is 6.58. The Morgan fingerprint density at radius 1 is 1.20 bits per heavy atom. The van der Waals surface area contributed by atoms with E-state index in [4.69, 9.17) is 0 Å². The van der Waals surface area contributed by atoms with E-state index in [9.17, 15) is 20.2 Å². The third kappa shape index (κ3) is 3.51. The molecule has 0 radical (unpaired) electrons. The van der Waals surface area contributed by atoms with E-state index in [1.807, 2.05) is 20.8 Å². The molecule has 0 saturated heterocycles. The molecule has 0 fully saturated rings. The topological polar surface area (TPSA) is 98.3 Å². The van der Waals surface area contributed by atoms with Crippen molar-refractivity contribution in [1.82, 2.24) is 5.32 Å². The van der Waals surface area contributed by atoms with Gasteiger partial charge in [-0.2, -0.15) is 0 Å². The molecule has 1 aromatic carbocycles. The third-order valence-electron chi connectivity index (χ3n) is 3.42. The summed E-state index contributed by atoms with van der Waals surface area (Å²) in [6.45, 7) is 6.63. The lowest BCUT2D eigenvalue weighted by atomic mass is 9.90. The number of non-ortho nitro benzene ring substituents is 1. The van der Waals surface area contributed by atoms with Crippen LogP contribution in [0.1, 0.15) is 38.7 Å². The molecule has 0 aromatic heterocycles. The Morgan fingerprint density at radius 2 is 1.85 bits per heavy atom. The van der Waals surface area contributed by atoms with Crippen LogP contribution in [0.25, 0.3) is 0 Å². The monoisotopic (exact) mass is 281 g/mol. The molecule has 0 aliphatic heterocycles. The van der Waals surface area contributed by atoms with Gasteiger partial charge in [0.1, 0.15) is 0 Å². The van der Waals surface area contributed by atoms with E-state index in [1.165, 1.54) is 12.1 Å². The van der Waals surface area contributed by atoms with Crippen LogP contribution in [-0.2, 0) is 0 Å². The summed E-state index contributed by atoms with van der Waals surface area (Å²) in [6, 6.07) is 3.93. The maximum Gasteiger partial charge on any atom is 0.279 e.